The number of rotatable bonds is 2. The van der Waals surface area contributed by atoms with Crippen molar-refractivity contribution in [3.8, 4) is 0 Å². The van der Waals surface area contributed by atoms with Crippen LogP contribution in [0.15, 0.2) is 28.8 Å². The summed E-state index contributed by atoms with van der Waals surface area (Å²) >= 11 is 0. The van der Waals surface area contributed by atoms with Gasteiger partial charge in [-0.05, 0) is 18.9 Å². The largest absolute Gasteiger partial charge is 0.293 e. The van der Waals surface area contributed by atoms with Gasteiger partial charge in [0.25, 0.3) is 0 Å². The zero-order valence-corrected chi connectivity index (χ0v) is 5.67. The maximum atomic E-state index is 4.12. The predicted molar refractivity (Wildman–Crippen MR) is 40.9 cm³/mol. The molecule has 0 aromatic rings. The molecule has 0 unspecified atom stereocenters. The summed E-state index contributed by atoms with van der Waals surface area (Å²) in [5, 5.41) is 0. The third-order valence-corrected chi connectivity index (χ3v) is 1.24. The Bertz CT molecular complexity index is 163. The van der Waals surface area contributed by atoms with Gasteiger partial charge in [0.15, 0.2) is 0 Å². The van der Waals surface area contributed by atoms with Crippen molar-refractivity contribution >= 4 is 6.21 Å². The summed E-state index contributed by atoms with van der Waals surface area (Å²) in [5.41, 5.74) is 1.32. The van der Waals surface area contributed by atoms with Gasteiger partial charge in [0, 0.05) is 12.8 Å². The second kappa shape index (κ2) is 3.23. The van der Waals surface area contributed by atoms with Crippen molar-refractivity contribution in [2.75, 3.05) is 6.54 Å². The molecule has 48 valence electrons. The summed E-state index contributed by atoms with van der Waals surface area (Å²) in [7, 11) is 0. The molecule has 0 fully saturated rings. The second-order valence-corrected chi connectivity index (χ2v) is 2.00. The lowest BCUT2D eigenvalue weighted by Gasteiger charge is -1.86. The topological polar surface area (TPSA) is 12.4 Å². The molecule has 1 heteroatoms. The van der Waals surface area contributed by atoms with E-state index >= 15 is 0 Å². The molecule has 0 amide bonds. The smallest absolute Gasteiger partial charge is 0.0361 e. The summed E-state index contributed by atoms with van der Waals surface area (Å²) < 4.78 is 0. The predicted octanol–water partition coefficient (Wildman–Crippen LogP) is 1.96. The Morgan fingerprint density at radius 1 is 1.78 bits per heavy atom. The zero-order chi connectivity index (χ0) is 6.53. The molecule has 1 nitrogen and oxygen atoms in total. The summed E-state index contributed by atoms with van der Waals surface area (Å²) in [4.78, 5) is 4.12. The van der Waals surface area contributed by atoms with Crippen molar-refractivity contribution in [1.29, 1.82) is 0 Å². The third kappa shape index (κ3) is 1.84. The highest BCUT2D eigenvalue weighted by atomic mass is 14.7. The molecule has 0 N–H and O–H groups in total. The van der Waals surface area contributed by atoms with Crippen molar-refractivity contribution < 1.29 is 0 Å². The molecule has 1 aliphatic carbocycles. The van der Waals surface area contributed by atoms with E-state index in [-0.39, 0.29) is 0 Å². The minimum Gasteiger partial charge on any atom is -0.293 e. The molecule has 1 aliphatic rings. The summed E-state index contributed by atoms with van der Waals surface area (Å²) in [6.45, 7) is 2.93. The lowest BCUT2D eigenvalue weighted by atomic mass is 10.3. The molecular formula is C8H11N. The zero-order valence-electron chi connectivity index (χ0n) is 5.67. The summed E-state index contributed by atoms with van der Waals surface area (Å²) in [5.74, 6) is 0. The fourth-order valence-corrected chi connectivity index (χ4v) is 0.768. The molecule has 0 radical (unpaired) electrons. The van der Waals surface area contributed by atoms with Crippen molar-refractivity contribution in [2.45, 2.75) is 13.3 Å². The average molecular weight is 121 g/mol. The van der Waals surface area contributed by atoms with Crippen molar-refractivity contribution in [3.05, 3.63) is 23.8 Å². The first-order chi connectivity index (χ1) is 4.43. The molecule has 1 rings (SSSR count). The van der Waals surface area contributed by atoms with Gasteiger partial charge < -0.3 is 0 Å². The van der Waals surface area contributed by atoms with Crippen LogP contribution < -0.4 is 0 Å². The van der Waals surface area contributed by atoms with Gasteiger partial charge in [0.2, 0.25) is 0 Å². The van der Waals surface area contributed by atoms with E-state index < -0.39 is 0 Å². The van der Waals surface area contributed by atoms with Gasteiger partial charge in [0.05, 0.1) is 0 Å². The van der Waals surface area contributed by atoms with E-state index in [0.717, 1.165) is 13.0 Å². The molecule has 0 bridgehead atoms. The van der Waals surface area contributed by atoms with Gasteiger partial charge in [-0.15, -0.1) is 0 Å². The summed E-state index contributed by atoms with van der Waals surface area (Å²) in [6, 6.07) is 0. The van der Waals surface area contributed by atoms with Crippen molar-refractivity contribution in [2.24, 2.45) is 4.99 Å². The van der Waals surface area contributed by atoms with Crippen LogP contribution in [0.25, 0.3) is 0 Å². The minimum absolute atomic E-state index is 0.886. The van der Waals surface area contributed by atoms with Crippen LogP contribution in [0.1, 0.15) is 13.3 Å². The number of hydrogen-bond acceptors (Lipinski definition) is 1. The maximum absolute atomic E-state index is 4.12. The molecule has 0 spiro atoms. The first-order valence-electron chi connectivity index (χ1n) is 3.29. The Kier molecular flexibility index (Phi) is 2.25. The Balaban J connectivity index is 2.38. The summed E-state index contributed by atoms with van der Waals surface area (Å²) in [6.07, 6.45) is 9.30. The van der Waals surface area contributed by atoms with E-state index in [0.29, 0.717) is 0 Å². The number of nitrogens with zero attached hydrogens (tertiary/aromatic N) is 1. The quantitative estimate of drug-likeness (QED) is 0.495. The molecule has 0 saturated heterocycles. The molecule has 0 aromatic heterocycles. The van der Waals surface area contributed by atoms with Gasteiger partial charge in [-0.1, -0.05) is 18.2 Å². The molecule has 0 atom stereocenters. The van der Waals surface area contributed by atoms with E-state index in [1.807, 2.05) is 13.1 Å². The molecule has 0 aromatic carbocycles. The Morgan fingerprint density at radius 3 is 3.22 bits per heavy atom. The van der Waals surface area contributed by atoms with Gasteiger partial charge in [-0.3, -0.25) is 4.99 Å². The van der Waals surface area contributed by atoms with E-state index in [4.69, 9.17) is 0 Å². The SMILES string of the molecule is CCN=CC1=CC=CC1. The second-order valence-electron chi connectivity index (χ2n) is 2.00. The van der Waals surface area contributed by atoms with Crippen LogP contribution in [-0.2, 0) is 0 Å². The van der Waals surface area contributed by atoms with Crippen LogP contribution in [0.3, 0.4) is 0 Å². The van der Waals surface area contributed by atoms with Gasteiger partial charge in [-0.2, -0.15) is 0 Å². The monoisotopic (exact) mass is 121 g/mol. The Hall–Kier alpha value is -0.850. The number of hydrogen-bond donors (Lipinski definition) is 0. The van der Waals surface area contributed by atoms with E-state index in [2.05, 4.69) is 23.2 Å². The van der Waals surface area contributed by atoms with Crippen LogP contribution in [0.2, 0.25) is 0 Å². The Morgan fingerprint density at radius 2 is 2.67 bits per heavy atom. The van der Waals surface area contributed by atoms with Gasteiger partial charge in [0.1, 0.15) is 0 Å². The fraction of sp³-hybridized carbons (Fsp3) is 0.375. The third-order valence-electron chi connectivity index (χ3n) is 1.24. The normalized spacial score (nSPS) is 17.2. The van der Waals surface area contributed by atoms with Crippen LogP contribution in [0.4, 0.5) is 0 Å². The Labute approximate surface area is 55.8 Å². The maximum Gasteiger partial charge on any atom is 0.0361 e. The lowest BCUT2D eigenvalue weighted by molar-refractivity contribution is 1.13. The van der Waals surface area contributed by atoms with E-state index in [9.17, 15) is 0 Å². The molecular weight excluding hydrogens is 110 g/mol. The molecule has 0 saturated carbocycles. The van der Waals surface area contributed by atoms with E-state index in [1.165, 1.54) is 5.57 Å². The van der Waals surface area contributed by atoms with Gasteiger partial charge >= 0.3 is 0 Å². The standard InChI is InChI=1S/C8H11N/c1-2-9-7-8-5-3-4-6-8/h3-5,7H,2,6H2,1H3. The van der Waals surface area contributed by atoms with Crippen molar-refractivity contribution in [3.63, 3.8) is 0 Å². The highest BCUT2D eigenvalue weighted by molar-refractivity contribution is 5.80. The fourth-order valence-electron chi connectivity index (χ4n) is 0.768. The van der Waals surface area contributed by atoms with Crippen molar-refractivity contribution in [1.82, 2.24) is 0 Å². The molecule has 9 heavy (non-hydrogen) atoms. The first-order valence-corrected chi connectivity index (χ1v) is 3.29. The lowest BCUT2D eigenvalue weighted by Crippen LogP contribution is -1.79. The van der Waals surface area contributed by atoms with Crippen LogP contribution in [-0.4, -0.2) is 12.8 Å². The molecule has 0 heterocycles. The highest BCUT2D eigenvalue weighted by Crippen LogP contribution is 2.06. The number of allylic oxidation sites excluding steroid dienone is 4. The van der Waals surface area contributed by atoms with Crippen LogP contribution in [0, 0.1) is 0 Å². The average Bonchev–Trinajstić information content (AvgIpc) is 2.34. The first kappa shape index (κ1) is 6.27. The van der Waals surface area contributed by atoms with E-state index in [1.54, 1.807) is 0 Å². The van der Waals surface area contributed by atoms with Crippen LogP contribution in [0.5, 0.6) is 0 Å². The number of aliphatic imine (C=N–C) groups is 1. The van der Waals surface area contributed by atoms with Crippen LogP contribution >= 0.6 is 0 Å². The van der Waals surface area contributed by atoms with Gasteiger partial charge in [-0.25, -0.2) is 0 Å². The minimum atomic E-state index is 0.886. The molecule has 0 aliphatic heterocycles. The highest BCUT2D eigenvalue weighted by Gasteiger charge is 1.91.